The highest BCUT2D eigenvalue weighted by molar-refractivity contribution is 5.33. The zero-order chi connectivity index (χ0) is 7.68. The maximum atomic E-state index is 8.52. The van der Waals surface area contributed by atoms with Crippen molar-refractivity contribution in [3.63, 3.8) is 0 Å². The second kappa shape index (κ2) is 2.52. The summed E-state index contributed by atoms with van der Waals surface area (Å²) in [6.45, 7) is 2.03. The maximum Gasteiger partial charge on any atom is 0.171 e. The third kappa shape index (κ3) is 1.08. The highest BCUT2D eigenvalue weighted by Gasteiger charge is 2.11. The molecule has 0 fully saturated rings. The summed E-state index contributed by atoms with van der Waals surface area (Å²) in [5, 5.41) is 12.6. The first kappa shape index (κ1) is 6.63. The van der Waals surface area contributed by atoms with Crippen molar-refractivity contribution in [2.75, 3.05) is 12.1 Å². The Kier molecular flexibility index (Phi) is 1.52. The van der Waals surface area contributed by atoms with Gasteiger partial charge in [-0.15, -0.1) is 0 Å². The first-order valence-electron chi connectivity index (χ1n) is 3.45. The normalized spacial score (nSPS) is 16.1. The number of hydrogen-bond acceptors (Lipinski definition) is 4. The monoisotopic (exact) mass is 155 g/mol. The lowest BCUT2D eigenvalue weighted by Gasteiger charge is -2.12. The van der Waals surface area contributed by atoms with Gasteiger partial charge in [0.25, 0.3) is 0 Å². The maximum absolute atomic E-state index is 8.52. The van der Waals surface area contributed by atoms with Crippen LogP contribution < -0.4 is 5.48 Å². The summed E-state index contributed by atoms with van der Waals surface area (Å²) in [7, 11) is 0. The van der Waals surface area contributed by atoms with Crippen LogP contribution in [0.4, 0.5) is 5.82 Å². The van der Waals surface area contributed by atoms with Crippen LogP contribution in [0.1, 0.15) is 5.69 Å². The lowest BCUT2D eigenvalue weighted by molar-refractivity contribution is 0.0800. The molecule has 1 aromatic rings. The largest absolute Gasteiger partial charge is 0.373 e. The Morgan fingerprint density at radius 3 is 3.36 bits per heavy atom. The van der Waals surface area contributed by atoms with Crippen molar-refractivity contribution < 1.29 is 9.94 Å². The summed E-state index contributed by atoms with van der Waals surface area (Å²) in [5.41, 5.74) is 2.99. The second-order valence-corrected chi connectivity index (χ2v) is 2.41. The molecule has 1 aromatic heterocycles. The van der Waals surface area contributed by atoms with E-state index >= 15 is 0 Å². The highest BCUT2D eigenvalue weighted by Crippen LogP contribution is 2.12. The molecule has 2 heterocycles. The van der Waals surface area contributed by atoms with E-state index < -0.39 is 0 Å². The average Bonchev–Trinajstić information content (AvgIpc) is 2.46. The fourth-order valence-corrected chi connectivity index (χ4v) is 1.15. The number of hydrogen-bond donors (Lipinski definition) is 2. The van der Waals surface area contributed by atoms with E-state index in [4.69, 9.17) is 9.94 Å². The summed E-state index contributed by atoms with van der Waals surface area (Å²) in [6, 6.07) is 1.76. The van der Waals surface area contributed by atoms with Crippen LogP contribution in [0.2, 0.25) is 0 Å². The van der Waals surface area contributed by atoms with Crippen LogP contribution in [0.5, 0.6) is 0 Å². The zero-order valence-electron chi connectivity index (χ0n) is 5.95. The molecular formula is C6H9N3O2. The lowest BCUT2D eigenvalue weighted by atomic mass is 10.4. The topological polar surface area (TPSA) is 59.3 Å². The van der Waals surface area contributed by atoms with Gasteiger partial charge in [-0.1, -0.05) is 0 Å². The molecule has 2 rings (SSSR count). The molecule has 60 valence electrons. The fraction of sp³-hybridized carbons (Fsp3) is 0.500. The fourth-order valence-electron chi connectivity index (χ4n) is 1.15. The van der Waals surface area contributed by atoms with Gasteiger partial charge in [0.05, 0.1) is 25.5 Å². The number of aromatic nitrogens is 2. The van der Waals surface area contributed by atoms with Crippen molar-refractivity contribution in [1.29, 1.82) is 0 Å². The molecule has 0 saturated heterocycles. The highest BCUT2D eigenvalue weighted by atomic mass is 16.5. The molecule has 1 aliphatic heterocycles. The van der Waals surface area contributed by atoms with E-state index in [0.29, 0.717) is 19.0 Å². The third-order valence-electron chi connectivity index (χ3n) is 1.68. The molecule has 2 N–H and O–H groups in total. The quantitative estimate of drug-likeness (QED) is 0.569. The number of nitrogens with zero attached hydrogens (tertiary/aromatic N) is 2. The molecule has 5 nitrogen and oxygen atoms in total. The predicted molar refractivity (Wildman–Crippen MR) is 37.3 cm³/mol. The van der Waals surface area contributed by atoms with E-state index in [-0.39, 0.29) is 0 Å². The molecule has 0 atom stereocenters. The van der Waals surface area contributed by atoms with Crippen molar-refractivity contribution in [3.8, 4) is 0 Å². The second-order valence-electron chi connectivity index (χ2n) is 2.41. The van der Waals surface area contributed by atoms with Gasteiger partial charge in [0.1, 0.15) is 0 Å². The van der Waals surface area contributed by atoms with Gasteiger partial charge in [0, 0.05) is 6.07 Å². The first-order valence-corrected chi connectivity index (χ1v) is 3.45. The third-order valence-corrected chi connectivity index (χ3v) is 1.68. The number of anilines is 1. The van der Waals surface area contributed by atoms with Crippen LogP contribution >= 0.6 is 0 Å². The molecule has 5 heteroatoms. The van der Waals surface area contributed by atoms with Gasteiger partial charge >= 0.3 is 0 Å². The van der Waals surface area contributed by atoms with E-state index in [1.54, 1.807) is 6.07 Å². The molecule has 0 bridgehead atoms. The predicted octanol–water partition coefficient (Wildman–Crippen LogP) is 0.214. The molecule has 0 aliphatic carbocycles. The first-order chi connectivity index (χ1) is 5.40. The van der Waals surface area contributed by atoms with Gasteiger partial charge in [0.2, 0.25) is 0 Å². The number of ether oxygens (including phenoxy) is 1. The Hall–Kier alpha value is -1.07. The van der Waals surface area contributed by atoms with E-state index in [2.05, 4.69) is 5.10 Å². The summed E-state index contributed by atoms with van der Waals surface area (Å²) in [4.78, 5) is 0. The standard InChI is InChI=1S/C6H9N3O2/c10-8-6-3-5-4-11-2-1-9(5)7-6/h3,10H,1-2,4H2,(H,7,8). The minimum atomic E-state index is 0.477. The molecule has 1 aliphatic rings. The molecule has 0 unspecified atom stereocenters. The van der Waals surface area contributed by atoms with Gasteiger partial charge in [-0.25, -0.2) is 0 Å². The van der Waals surface area contributed by atoms with Crippen LogP contribution in [0.15, 0.2) is 6.07 Å². The van der Waals surface area contributed by atoms with Crippen LogP contribution in [0.25, 0.3) is 0 Å². The number of nitrogens with one attached hydrogen (secondary N) is 1. The molecule has 0 aromatic carbocycles. The van der Waals surface area contributed by atoms with Crippen LogP contribution in [0, 0.1) is 0 Å². The smallest absolute Gasteiger partial charge is 0.171 e. The minimum Gasteiger partial charge on any atom is -0.373 e. The SMILES string of the molecule is ONc1cc2n(n1)CCOC2. The summed E-state index contributed by atoms with van der Waals surface area (Å²) in [6.07, 6.45) is 0. The van der Waals surface area contributed by atoms with Crippen molar-refractivity contribution >= 4 is 5.82 Å². The van der Waals surface area contributed by atoms with Gasteiger partial charge in [0.15, 0.2) is 5.82 Å². The Bertz CT molecular complexity index is 235. The Morgan fingerprint density at radius 2 is 2.64 bits per heavy atom. The van der Waals surface area contributed by atoms with E-state index in [9.17, 15) is 0 Å². The Labute approximate surface area is 63.5 Å². The van der Waals surface area contributed by atoms with E-state index in [0.717, 1.165) is 12.2 Å². The van der Waals surface area contributed by atoms with Gasteiger partial charge < -0.3 is 4.74 Å². The molecule has 0 saturated carbocycles. The molecule has 11 heavy (non-hydrogen) atoms. The van der Waals surface area contributed by atoms with Crippen molar-refractivity contribution in [3.05, 3.63) is 11.8 Å². The van der Waals surface area contributed by atoms with Crippen molar-refractivity contribution in [1.82, 2.24) is 9.78 Å². The van der Waals surface area contributed by atoms with E-state index in [1.807, 2.05) is 10.2 Å². The number of fused-ring (bicyclic) bond motifs is 1. The number of rotatable bonds is 1. The Balaban J connectivity index is 2.32. The molecular weight excluding hydrogens is 146 g/mol. The Morgan fingerprint density at radius 1 is 1.73 bits per heavy atom. The summed E-state index contributed by atoms with van der Waals surface area (Å²) in [5.74, 6) is 0.477. The lowest BCUT2D eigenvalue weighted by Crippen LogP contribution is -2.16. The van der Waals surface area contributed by atoms with Crippen molar-refractivity contribution in [2.24, 2.45) is 0 Å². The molecule has 0 spiro atoms. The van der Waals surface area contributed by atoms with Crippen molar-refractivity contribution in [2.45, 2.75) is 13.2 Å². The van der Waals surface area contributed by atoms with Crippen LogP contribution in [-0.4, -0.2) is 21.6 Å². The molecule has 0 radical (unpaired) electrons. The molecule has 0 amide bonds. The van der Waals surface area contributed by atoms with Gasteiger partial charge in [-0.05, 0) is 0 Å². The van der Waals surface area contributed by atoms with Crippen LogP contribution in [0.3, 0.4) is 0 Å². The van der Waals surface area contributed by atoms with Crippen LogP contribution in [-0.2, 0) is 17.9 Å². The zero-order valence-corrected chi connectivity index (χ0v) is 5.95. The summed E-state index contributed by atoms with van der Waals surface area (Å²) < 4.78 is 7.00. The summed E-state index contributed by atoms with van der Waals surface area (Å²) >= 11 is 0. The average molecular weight is 155 g/mol. The van der Waals surface area contributed by atoms with Gasteiger partial charge in [-0.2, -0.15) is 5.10 Å². The van der Waals surface area contributed by atoms with E-state index in [1.165, 1.54) is 0 Å². The minimum absolute atomic E-state index is 0.477. The van der Waals surface area contributed by atoms with Gasteiger partial charge in [-0.3, -0.25) is 15.4 Å².